The number of benzene rings is 1. The first kappa shape index (κ1) is 22.4. The molecule has 0 saturated carbocycles. The van der Waals surface area contributed by atoms with Crippen molar-refractivity contribution in [1.82, 2.24) is 15.4 Å². The van der Waals surface area contributed by atoms with Gasteiger partial charge in [-0.1, -0.05) is 24.3 Å². The van der Waals surface area contributed by atoms with Gasteiger partial charge < -0.3 is 15.4 Å². The predicted molar refractivity (Wildman–Crippen MR) is 107 cm³/mol. The molecule has 3 N–H and O–H groups in total. The van der Waals surface area contributed by atoms with Crippen molar-refractivity contribution in [3.8, 4) is 0 Å². The van der Waals surface area contributed by atoms with E-state index >= 15 is 0 Å². The number of nitrogens with one attached hydrogen (secondary N) is 3. The molecule has 0 radical (unpaired) electrons. The van der Waals surface area contributed by atoms with Gasteiger partial charge in [0, 0.05) is 32.8 Å². The van der Waals surface area contributed by atoms with Crippen LogP contribution in [0.15, 0.2) is 29.3 Å². The Hall–Kier alpha value is -1.64. The molecule has 1 aromatic carbocycles. The van der Waals surface area contributed by atoms with E-state index in [1.165, 1.54) is 0 Å². The second kappa shape index (κ2) is 11.9. The highest BCUT2D eigenvalue weighted by Gasteiger charge is 2.12. The Kier molecular flexibility index (Phi) is 10.2. The van der Waals surface area contributed by atoms with Crippen LogP contribution in [0.3, 0.4) is 0 Å². The largest absolute Gasteiger partial charge is 0.385 e. The van der Waals surface area contributed by atoms with Crippen LogP contribution in [0.2, 0.25) is 0 Å². The summed E-state index contributed by atoms with van der Waals surface area (Å²) in [6.07, 6.45) is 0.911. The van der Waals surface area contributed by atoms with Gasteiger partial charge in [-0.05, 0) is 38.3 Å². The molecule has 0 fully saturated rings. The summed E-state index contributed by atoms with van der Waals surface area (Å²) in [5.41, 5.74) is 1.78. The minimum atomic E-state index is -3.30. The molecule has 0 atom stereocenters. The number of guanidine groups is 1. The standard InChI is InChI=1S/C18H32N4O3S/c1-5-19-18(20-11-6-12-25-4)21-13-16-7-9-17(10-8-16)14-26(23,24)22-15(2)3/h7-10,15,22H,5-6,11-14H2,1-4H3,(H2,19,20,21). The Morgan fingerprint density at radius 1 is 1.15 bits per heavy atom. The number of ether oxygens (including phenoxy) is 1. The molecule has 0 saturated heterocycles. The van der Waals surface area contributed by atoms with Crippen LogP contribution in [0.1, 0.15) is 38.3 Å². The van der Waals surface area contributed by atoms with Gasteiger partial charge in [0.1, 0.15) is 0 Å². The summed E-state index contributed by atoms with van der Waals surface area (Å²) in [7, 11) is -1.62. The summed E-state index contributed by atoms with van der Waals surface area (Å²) < 4.78 is 31.6. The summed E-state index contributed by atoms with van der Waals surface area (Å²) >= 11 is 0. The quantitative estimate of drug-likeness (QED) is 0.306. The zero-order chi connectivity index (χ0) is 19.4. The van der Waals surface area contributed by atoms with Gasteiger partial charge in [0.15, 0.2) is 5.96 Å². The summed E-state index contributed by atoms with van der Waals surface area (Å²) in [4.78, 5) is 4.55. The zero-order valence-electron chi connectivity index (χ0n) is 16.2. The molecule has 26 heavy (non-hydrogen) atoms. The minimum absolute atomic E-state index is 0.0155. The molecule has 0 unspecified atom stereocenters. The van der Waals surface area contributed by atoms with Crippen LogP contribution < -0.4 is 15.4 Å². The van der Waals surface area contributed by atoms with Crippen LogP contribution in [0.4, 0.5) is 0 Å². The summed E-state index contributed by atoms with van der Waals surface area (Å²) in [6.45, 7) is 8.45. The van der Waals surface area contributed by atoms with E-state index in [2.05, 4.69) is 20.3 Å². The Labute approximate surface area is 157 Å². The van der Waals surface area contributed by atoms with Crippen molar-refractivity contribution in [3.05, 3.63) is 35.4 Å². The fourth-order valence-corrected chi connectivity index (χ4v) is 3.73. The van der Waals surface area contributed by atoms with E-state index in [1.807, 2.05) is 45.0 Å². The van der Waals surface area contributed by atoms with Crippen LogP contribution in [0.25, 0.3) is 0 Å². The van der Waals surface area contributed by atoms with Crippen LogP contribution in [0, 0.1) is 0 Å². The molecular weight excluding hydrogens is 352 g/mol. The van der Waals surface area contributed by atoms with E-state index in [-0.39, 0.29) is 11.8 Å². The monoisotopic (exact) mass is 384 g/mol. The van der Waals surface area contributed by atoms with Gasteiger partial charge in [-0.3, -0.25) is 0 Å². The number of nitrogens with zero attached hydrogens (tertiary/aromatic N) is 1. The third kappa shape index (κ3) is 9.74. The Morgan fingerprint density at radius 2 is 1.81 bits per heavy atom. The molecule has 1 aromatic rings. The lowest BCUT2D eigenvalue weighted by Gasteiger charge is -2.11. The summed E-state index contributed by atoms with van der Waals surface area (Å²) in [5, 5.41) is 6.46. The van der Waals surface area contributed by atoms with E-state index in [9.17, 15) is 8.42 Å². The summed E-state index contributed by atoms with van der Waals surface area (Å²) in [6, 6.07) is 7.40. The molecule has 0 aliphatic heterocycles. The highest BCUT2D eigenvalue weighted by molar-refractivity contribution is 7.88. The molecular formula is C18H32N4O3S. The van der Waals surface area contributed by atoms with Crippen LogP contribution >= 0.6 is 0 Å². The highest BCUT2D eigenvalue weighted by atomic mass is 32.2. The SMILES string of the molecule is CCNC(=NCc1ccc(CS(=O)(=O)NC(C)C)cc1)NCCCOC. The molecule has 0 amide bonds. The maximum Gasteiger partial charge on any atom is 0.216 e. The van der Waals surface area contributed by atoms with Gasteiger partial charge in [0.05, 0.1) is 12.3 Å². The predicted octanol–water partition coefficient (Wildman–Crippen LogP) is 1.61. The third-order valence-corrected chi connectivity index (χ3v) is 4.92. The average molecular weight is 385 g/mol. The van der Waals surface area contributed by atoms with E-state index in [1.54, 1.807) is 7.11 Å². The van der Waals surface area contributed by atoms with Crippen molar-refractivity contribution in [2.45, 2.75) is 45.5 Å². The first-order chi connectivity index (χ1) is 12.4. The summed E-state index contributed by atoms with van der Waals surface area (Å²) in [5.74, 6) is 0.745. The molecule has 0 spiro atoms. The number of hydrogen-bond donors (Lipinski definition) is 3. The molecule has 1 rings (SSSR count). The topological polar surface area (TPSA) is 91.8 Å². The lowest BCUT2D eigenvalue weighted by atomic mass is 10.1. The number of sulfonamides is 1. The molecule has 0 aliphatic carbocycles. The fraction of sp³-hybridized carbons (Fsp3) is 0.611. The maximum atomic E-state index is 12.0. The molecule has 0 aromatic heterocycles. The first-order valence-corrected chi connectivity index (χ1v) is 10.6. The zero-order valence-corrected chi connectivity index (χ0v) is 17.0. The lowest BCUT2D eigenvalue weighted by Crippen LogP contribution is -2.38. The third-order valence-electron chi connectivity index (χ3n) is 3.38. The average Bonchev–Trinajstić information content (AvgIpc) is 2.56. The van der Waals surface area contributed by atoms with Crippen molar-refractivity contribution in [3.63, 3.8) is 0 Å². The smallest absolute Gasteiger partial charge is 0.216 e. The normalized spacial score (nSPS) is 12.4. The van der Waals surface area contributed by atoms with Crippen molar-refractivity contribution in [2.24, 2.45) is 4.99 Å². The molecule has 0 aliphatic rings. The second-order valence-corrected chi connectivity index (χ2v) is 8.07. The number of methoxy groups -OCH3 is 1. The molecule has 148 valence electrons. The Morgan fingerprint density at radius 3 is 2.38 bits per heavy atom. The second-order valence-electron chi connectivity index (χ2n) is 6.32. The van der Waals surface area contributed by atoms with Crippen LogP contribution in [-0.2, 0) is 27.1 Å². The van der Waals surface area contributed by atoms with Gasteiger partial charge in [0.2, 0.25) is 10.0 Å². The van der Waals surface area contributed by atoms with E-state index in [0.29, 0.717) is 13.2 Å². The van der Waals surface area contributed by atoms with Gasteiger partial charge >= 0.3 is 0 Å². The van der Waals surface area contributed by atoms with Crippen LogP contribution in [-0.4, -0.2) is 47.2 Å². The first-order valence-electron chi connectivity index (χ1n) is 8.95. The molecule has 7 nitrogen and oxygen atoms in total. The van der Waals surface area contributed by atoms with Gasteiger partial charge in [-0.2, -0.15) is 0 Å². The van der Waals surface area contributed by atoms with Crippen molar-refractivity contribution >= 4 is 16.0 Å². The number of hydrogen-bond acceptors (Lipinski definition) is 4. The molecule has 0 bridgehead atoms. The van der Waals surface area contributed by atoms with Crippen LogP contribution in [0.5, 0.6) is 0 Å². The Bertz CT molecular complexity index is 643. The maximum absolute atomic E-state index is 12.0. The van der Waals surface area contributed by atoms with E-state index in [0.717, 1.165) is 36.6 Å². The lowest BCUT2D eigenvalue weighted by molar-refractivity contribution is 0.195. The van der Waals surface area contributed by atoms with Gasteiger partial charge in [-0.25, -0.2) is 18.1 Å². The van der Waals surface area contributed by atoms with Gasteiger partial charge in [-0.15, -0.1) is 0 Å². The molecule has 0 heterocycles. The fourth-order valence-electron chi connectivity index (χ4n) is 2.30. The van der Waals surface area contributed by atoms with Gasteiger partial charge in [0.25, 0.3) is 0 Å². The van der Waals surface area contributed by atoms with Crippen molar-refractivity contribution in [1.29, 1.82) is 0 Å². The number of aliphatic imine (C=N–C) groups is 1. The van der Waals surface area contributed by atoms with E-state index in [4.69, 9.17) is 4.74 Å². The Balaban J connectivity index is 2.61. The molecule has 8 heteroatoms. The van der Waals surface area contributed by atoms with Crippen molar-refractivity contribution < 1.29 is 13.2 Å². The number of rotatable bonds is 11. The minimum Gasteiger partial charge on any atom is -0.385 e. The van der Waals surface area contributed by atoms with E-state index < -0.39 is 10.0 Å². The van der Waals surface area contributed by atoms with Crippen molar-refractivity contribution in [2.75, 3.05) is 26.8 Å². The highest BCUT2D eigenvalue weighted by Crippen LogP contribution is 2.09.